The number of methoxy groups -OCH3 is 2. The summed E-state index contributed by atoms with van der Waals surface area (Å²) in [5.74, 6) is 0.401. The van der Waals surface area contributed by atoms with Crippen LogP contribution in [-0.4, -0.2) is 61.0 Å². The van der Waals surface area contributed by atoms with Crippen LogP contribution in [0.1, 0.15) is 12.1 Å². The first-order valence-corrected chi connectivity index (χ1v) is 6.75. The normalized spacial score (nSPS) is 19.2. The van der Waals surface area contributed by atoms with E-state index in [1.165, 1.54) is 0 Å². The van der Waals surface area contributed by atoms with Crippen molar-refractivity contribution < 1.29 is 24.1 Å². The van der Waals surface area contributed by atoms with E-state index in [2.05, 4.69) is 9.88 Å². The summed E-state index contributed by atoms with van der Waals surface area (Å²) >= 11 is 0. The molecule has 1 saturated heterocycles. The Hall–Kier alpha value is -1.86. The highest BCUT2D eigenvalue weighted by Crippen LogP contribution is 2.30. The van der Waals surface area contributed by atoms with Crippen LogP contribution in [0.25, 0.3) is 0 Å². The van der Waals surface area contributed by atoms with Crippen molar-refractivity contribution in [3.05, 3.63) is 18.0 Å². The van der Waals surface area contributed by atoms with Gasteiger partial charge >= 0.3 is 5.97 Å². The first kappa shape index (κ1) is 15.5. The third-order valence-corrected chi connectivity index (χ3v) is 3.36. The predicted molar refractivity (Wildman–Crippen MR) is 74.6 cm³/mol. The third-order valence-electron chi connectivity index (χ3n) is 3.36. The van der Waals surface area contributed by atoms with Crippen molar-refractivity contribution in [2.75, 3.05) is 33.9 Å². The van der Waals surface area contributed by atoms with Gasteiger partial charge in [0, 0.05) is 31.9 Å². The van der Waals surface area contributed by atoms with Gasteiger partial charge in [-0.05, 0) is 0 Å². The van der Waals surface area contributed by atoms with Gasteiger partial charge in [0.25, 0.3) is 0 Å². The number of hydrogen-bond acceptors (Lipinski definition) is 6. The molecule has 1 aliphatic rings. The van der Waals surface area contributed by atoms with Gasteiger partial charge in [0.15, 0.2) is 11.5 Å². The van der Waals surface area contributed by atoms with E-state index in [-0.39, 0.29) is 12.5 Å². The number of carboxylic acids is 1. The molecule has 0 aliphatic carbocycles. The van der Waals surface area contributed by atoms with E-state index in [1.807, 2.05) is 0 Å². The zero-order valence-electron chi connectivity index (χ0n) is 12.2. The van der Waals surface area contributed by atoms with Crippen molar-refractivity contribution in [1.82, 2.24) is 9.88 Å². The van der Waals surface area contributed by atoms with Gasteiger partial charge in [0.2, 0.25) is 0 Å². The third kappa shape index (κ3) is 4.05. The van der Waals surface area contributed by atoms with Gasteiger partial charge in [-0.25, -0.2) is 0 Å². The summed E-state index contributed by atoms with van der Waals surface area (Å²) in [5.41, 5.74) is 0.771. The molecule has 1 fully saturated rings. The number of aliphatic carboxylic acids is 1. The lowest BCUT2D eigenvalue weighted by molar-refractivity contribution is -0.142. The second-order valence-electron chi connectivity index (χ2n) is 4.82. The van der Waals surface area contributed by atoms with Crippen molar-refractivity contribution in [2.45, 2.75) is 19.1 Å². The fraction of sp³-hybridized carbons (Fsp3) is 0.571. The predicted octanol–water partition coefficient (Wildman–Crippen LogP) is 0.774. The van der Waals surface area contributed by atoms with Crippen LogP contribution in [0.2, 0.25) is 0 Å². The number of carboxylic acid groups (broad SMARTS) is 1. The molecule has 1 aromatic heterocycles. The molecule has 7 nitrogen and oxygen atoms in total. The number of morpholine rings is 1. The van der Waals surface area contributed by atoms with Crippen molar-refractivity contribution in [2.24, 2.45) is 0 Å². The molecule has 0 amide bonds. The molecule has 1 atom stereocenters. The Morgan fingerprint density at radius 2 is 2.33 bits per heavy atom. The molecule has 21 heavy (non-hydrogen) atoms. The van der Waals surface area contributed by atoms with Gasteiger partial charge in [0.05, 0.1) is 33.4 Å². The molecule has 2 rings (SSSR count). The highest BCUT2D eigenvalue weighted by molar-refractivity contribution is 5.67. The summed E-state index contributed by atoms with van der Waals surface area (Å²) in [7, 11) is 3.16. The molecule has 1 N–H and O–H groups in total. The molecule has 1 aliphatic heterocycles. The monoisotopic (exact) mass is 296 g/mol. The van der Waals surface area contributed by atoms with Crippen LogP contribution in [-0.2, 0) is 16.1 Å². The zero-order chi connectivity index (χ0) is 15.2. The van der Waals surface area contributed by atoms with E-state index < -0.39 is 5.97 Å². The molecule has 0 aromatic carbocycles. The molecule has 116 valence electrons. The summed E-state index contributed by atoms with van der Waals surface area (Å²) in [6, 6.07) is 1.74. The number of nitrogens with zero attached hydrogens (tertiary/aromatic N) is 2. The Kier molecular flexibility index (Phi) is 5.35. The summed E-state index contributed by atoms with van der Waals surface area (Å²) in [6.07, 6.45) is 1.40. The standard InChI is InChI=1S/C14H20N2O5/c1-19-12-3-4-15-11(14(12)20-2)9-16-5-6-21-10(8-16)7-13(17)18/h3-4,10H,5-9H2,1-2H3,(H,17,18). The van der Waals surface area contributed by atoms with Crippen molar-refractivity contribution in [3.63, 3.8) is 0 Å². The van der Waals surface area contributed by atoms with E-state index >= 15 is 0 Å². The number of hydrogen-bond donors (Lipinski definition) is 1. The fourth-order valence-corrected chi connectivity index (χ4v) is 2.42. The summed E-state index contributed by atoms with van der Waals surface area (Å²) in [5, 5.41) is 8.84. The van der Waals surface area contributed by atoms with Crippen molar-refractivity contribution >= 4 is 5.97 Å². The van der Waals surface area contributed by atoms with Crippen molar-refractivity contribution in [1.29, 1.82) is 0 Å². The second kappa shape index (κ2) is 7.24. The Morgan fingerprint density at radius 3 is 3.00 bits per heavy atom. The average molecular weight is 296 g/mol. The van der Waals surface area contributed by atoms with E-state index in [0.29, 0.717) is 31.2 Å². The largest absolute Gasteiger partial charge is 0.493 e. The molecule has 0 bridgehead atoms. The second-order valence-corrected chi connectivity index (χ2v) is 4.82. The highest BCUT2D eigenvalue weighted by Gasteiger charge is 2.24. The first-order chi connectivity index (χ1) is 10.1. The van der Waals surface area contributed by atoms with E-state index in [4.69, 9.17) is 19.3 Å². The lowest BCUT2D eigenvalue weighted by Crippen LogP contribution is -2.42. The van der Waals surface area contributed by atoms with Gasteiger partial charge in [-0.3, -0.25) is 14.7 Å². The van der Waals surface area contributed by atoms with E-state index in [0.717, 1.165) is 12.2 Å². The quantitative estimate of drug-likeness (QED) is 0.830. The maximum absolute atomic E-state index is 10.8. The van der Waals surface area contributed by atoms with Crippen LogP contribution in [0.3, 0.4) is 0 Å². The minimum absolute atomic E-state index is 0.0131. The van der Waals surface area contributed by atoms with Gasteiger partial charge in [0.1, 0.15) is 5.69 Å². The van der Waals surface area contributed by atoms with Crippen LogP contribution < -0.4 is 9.47 Å². The number of rotatable bonds is 6. The molecule has 7 heteroatoms. The minimum atomic E-state index is -0.848. The molecule has 1 aromatic rings. The first-order valence-electron chi connectivity index (χ1n) is 6.75. The molecule has 0 radical (unpaired) electrons. The Labute approximate surface area is 123 Å². The topological polar surface area (TPSA) is 81.1 Å². The summed E-state index contributed by atoms with van der Waals surface area (Å²) < 4.78 is 16.1. The van der Waals surface area contributed by atoms with Crippen molar-refractivity contribution in [3.8, 4) is 11.5 Å². The van der Waals surface area contributed by atoms with Gasteiger partial charge in [-0.15, -0.1) is 0 Å². The molecular formula is C14H20N2O5. The van der Waals surface area contributed by atoms with Gasteiger partial charge in [-0.1, -0.05) is 0 Å². The maximum atomic E-state index is 10.8. The van der Waals surface area contributed by atoms with Crippen LogP contribution in [0.15, 0.2) is 12.3 Å². The molecule has 0 saturated carbocycles. The summed E-state index contributed by atoms with van der Waals surface area (Å²) in [4.78, 5) is 17.2. The van der Waals surface area contributed by atoms with Gasteiger partial charge < -0.3 is 19.3 Å². The number of carbonyl (C=O) groups is 1. The molecule has 0 spiro atoms. The fourth-order valence-electron chi connectivity index (χ4n) is 2.42. The lowest BCUT2D eigenvalue weighted by Gasteiger charge is -2.32. The smallest absolute Gasteiger partial charge is 0.306 e. The van der Waals surface area contributed by atoms with Gasteiger partial charge in [-0.2, -0.15) is 0 Å². The SMILES string of the molecule is COc1ccnc(CN2CCOC(CC(=O)O)C2)c1OC. The maximum Gasteiger partial charge on any atom is 0.306 e. The average Bonchev–Trinajstić information content (AvgIpc) is 2.46. The molecule has 2 heterocycles. The molecular weight excluding hydrogens is 276 g/mol. The Bertz CT molecular complexity index is 494. The van der Waals surface area contributed by atoms with Crippen LogP contribution in [0.4, 0.5) is 0 Å². The van der Waals surface area contributed by atoms with Crippen LogP contribution in [0.5, 0.6) is 11.5 Å². The summed E-state index contributed by atoms with van der Waals surface area (Å²) in [6.45, 7) is 2.39. The zero-order valence-corrected chi connectivity index (χ0v) is 12.2. The Morgan fingerprint density at radius 1 is 1.52 bits per heavy atom. The van der Waals surface area contributed by atoms with Crippen LogP contribution >= 0.6 is 0 Å². The van der Waals surface area contributed by atoms with E-state index in [9.17, 15) is 4.79 Å². The van der Waals surface area contributed by atoms with Crippen LogP contribution in [0, 0.1) is 0 Å². The number of aromatic nitrogens is 1. The lowest BCUT2D eigenvalue weighted by atomic mass is 10.2. The highest BCUT2D eigenvalue weighted by atomic mass is 16.5. The molecule has 1 unspecified atom stereocenters. The number of pyridine rings is 1. The van der Waals surface area contributed by atoms with E-state index in [1.54, 1.807) is 26.5 Å². The minimum Gasteiger partial charge on any atom is -0.493 e. The Balaban J connectivity index is 2.05. The number of ether oxygens (including phenoxy) is 3.